The van der Waals surface area contributed by atoms with Gasteiger partial charge < -0.3 is 10.2 Å². The van der Waals surface area contributed by atoms with Crippen LogP contribution < -0.4 is 0 Å². The zero-order valence-electron chi connectivity index (χ0n) is 8.13. The summed E-state index contributed by atoms with van der Waals surface area (Å²) in [6, 6.07) is 3.50. The van der Waals surface area contributed by atoms with E-state index in [2.05, 4.69) is 15.9 Å². The molecule has 0 aliphatic carbocycles. The Morgan fingerprint density at radius 1 is 1.31 bits per heavy atom. The molecule has 0 saturated carbocycles. The number of hydrogen-bond acceptors (Lipinski definition) is 2. The fraction of sp³-hybridized carbons (Fsp3) is 0.400. The van der Waals surface area contributed by atoms with Crippen molar-refractivity contribution in [3.63, 3.8) is 0 Å². The van der Waals surface area contributed by atoms with Gasteiger partial charge in [-0.05, 0) is 17.7 Å². The molecule has 0 bridgehead atoms. The van der Waals surface area contributed by atoms with Gasteiger partial charge in [0.15, 0.2) is 0 Å². The highest BCUT2D eigenvalue weighted by molar-refractivity contribution is 9.10. The first-order valence-electron chi connectivity index (χ1n) is 4.52. The van der Waals surface area contributed by atoms with Crippen LogP contribution >= 0.6 is 15.9 Å². The molecule has 0 aromatic heterocycles. The topological polar surface area (TPSA) is 40.5 Å². The summed E-state index contributed by atoms with van der Waals surface area (Å²) in [4.78, 5) is 0. The maximum atomic E-state index is 12.5. The Bertz CT molecular complexity index is 366. The van der Waals surface area contributed by atoms with Crippen molar-refractivity contribution in [2.45, 2.75) is 18.7 Å². The number of hydrogen-bond donors (Lipinski definition) is 2. The molecule has 1 atom stereocenters. The fourth-order valence-electron chi connectivity index (χ4n) is 1.26. The molecule has 1 unspecified atom stereocenters. The summed E-state index contributed by atoms with van der Waals surface area (Å²) < 4.78 is 37.5. The third-order valence-corrected chi connectivity index (χ3v) is 2.77. The Kier molecular flexibility index (Phi) is 4.35. The minimum atomic E-state index is -4.46. The molecule has 0 aliphatic heterocycles. The van der Waals surface area contributed by atoms with E-state index in [9.17, 15) is 18.3 Å². The van der Waals surface area contributed by atoms with E-state index in [1.807, 2.05) is 0 Å². The monoisotopic (exact) mass is 298 g/mol. The number of alkyl halides is 3. The van der Waals surface area contributed by atoms with Crippen LogP contribution in [0.4, 0.5) is 13.2 Å². The first-order chi connectivity index (χ1) is 7.36. The standard InChI is InChI=1S/C10H10BrF3O2/c11-8-2-1-6(9(16)3-4-15)5-7(8)10(12,13)14/h1-2,5,9,15-16H,3-4H2. The van der Waals surface area contributed by atoms with Gasteiger partial charge in [-0.1, -0.05) is 22.0 Å². The van der Waals surface area contributed by atoms with Gasteiger partial charge in [-0.15, -0.1) is 0 Å². The van der Waals surface area contributed by atoms with Gasteiger partial charge in [-0.2, -0.15) is 13.2 Å². The van der Waals surface area contributed by atoms with Gasteiger partial charge in [0.2, 0.25) is 0 Å². The Hall–Kier alpha value is -0.590. The number of benzene rings is 1. The molecule has 0 saturated heterocycles. The molecule has 90 valence electrons. The molecule has 0 heterocycles. The van der Waals surface area contributed by atoms with Crippen LogP contribution in [0.15, 0.2) is 22.7 Å². The zero-order chi connectivity index (χ0) is 12.3. The predicted molar refractivity (Wildman–Crippen MR) is 55.8 cm³/mol. The molecule has 2 nitrogen and oxygen atoms in total. The molecule has 0 aliphatic rings. The van der Waals surface area contributed by atoms with Crippen LogP contribution in [0.5, 0.6) is 0 Å². The van der Waals surface area contributed by atoms with Crippen molar-refractivity contribution in [2.24, 2.45) is 0 Å². The van der Waals surface area contributed by atoms with Crippen molar-refractivity contribution in [1.29, 1.82) is 0 Å². The zero-order valence-corrected chi connectivity index (χ0v) is 9.72. The highest BCUT2D eigenvalue weighted by atomic mass is 79.9. The number of rotatable bonds is 3. The maximum absolute atomic E-state index is 12.5. The van der Waals surface area contributed by atoms with E-state index in [-0.39, 0.29) is 23.1 Å². The maximum Gasteiger partial charge on any atom is 0.417 e. The predicted octanol–water partition coefficient (Wildman–Crippen LogP) is 2.88. The van der Waals surface area contributed by atoms with E-state index >= 15 is 0 Å². The summed E-state index contributed by atoms with van der Waals surface area (Å²) in [6.45, 7) is -0.279. The molecule has 1 aromatic rings. The van der Waals surface area contributed by atoms with Crippen LogP contribution in [-0.4, -0.2) is 16.8 Å². The molecule has 1 rings (SSSR count). The summed E-state index contributed by atoms with van der Waals surface area (Å²) in [5.41, 5.74) is -0.688. The molecule has 6 heteroatoms. The molecule has 16 heavy (non-hydrogen) atoms. The Morgan fingerprint density at radius 2 is 1.94 bits per heavy atom. The minimum absolute atomic E-state index is 0.0128. The van der Waals surface area contributed by atoms with Crippen LogP contribution in [0.2, 0.25) is 0 Å². The quantitative estimate of drug-likeness (QED) is 0.901. The van der Waals surface area contributed by atoms with E-state index in [1.54, 1.807) is 0 Å². The van der Waals surface area contributed by atoms with Crippen molar-refractivity contribution in [3.8, 4) is 0 Å². The van der Waals surface area contributed by atoms with Gasteiger partial charge >= 0.3 is 6.18 Å². The molecular weight excluding hydrogens is 289 g/mol. The van der Waals surface area contributed by atoms with Crippen molar-refractivity contribution in [2.75, 3.05) is 6.61 Å². The van der Waals surface area contributed by atoms with Gasteiger partial charge in [0.1, 0.15) is 0 Å². The summed E-state index contributed by atoms with van der Waals surface area (Å²) in [7, 11) is 0. The van der Waals surface area contributed by atoms with Crippen LogP contribution in [0.1, 0.15) is 23.7 Å². The van der Waals surface area contributed by atoms with Gasteiger partial charge in [0.05, 0.1) is 11.7 Å². The van der Waals surface area contributed by atoms with Gasteiger partial charge in [0, 0.05) is 17.5 Å². The largest absolute Gasteiger partial charge is 0.417 e. The van der Waals surface area contributed by atoms with Crippen molar-refractivity contribution >= 4 is 15.9 Å². The molecule has 2 N–H and O–H groups in total. The van der Waals surface area contributed by atoms with Gasteiger partial charge in [-0.25, -0.2) is 0 Å². The molecule has 0 amide bonds. The lowest BCUT2D eigenvalue weighted by molar-refractivity contribution is -0.138. The van der Waals surface area contributed by atoms with Crippen molar-refractivity contribution in [3.05, 3.63) is 33.8 Å². The van der Waals surface area contributed by atoms with E-state index in [1.165, 1.54) is 12.1 Å². The SMILES string of the molecule is OCCC(O)c1ccc(Br)c(C(F)(F)F)c1. The third-order valence-electron chi connectivity index (χ3n) is 2.08. The van der Waals surface area contributed by atoms with E-state index < -0.39 is 17.8 Å². The average molecular weight is 299 g/mol. The number of aliphatic hydroxyl groups excluding tert-OH is 2. The molecule has 0 spiro atoms. The second-order valence-corrected chi connectivity index (χ2v) is 4.12. The molecule has 0 radical (unpaired) electrons. The van der Waals surface area contributed by atoms with Crippen LogP contribution in [0, 0.1) is 0 Å². The van der Waals surface area contributed by atoms with Crippen LogP contribution in [-0.2, 0) is 6.18 Å². The van der Waals surface area contributed by atoms with E-state index in [4.69, 9.17) is 5.11 Å². The summed E-state index contributed by atoms with van der Waals surface area (Å²) in [5, 5.41) is 18.0. The number of aliphatic hydroxyl groups is 2. The third kappa shape index (κ3) is 3.20. The minimum Gasteiger partial charge on any atom is -0.396 e. The van der Waals surface area contributed by atoms with Crippen LogP contribution in [0.25, 0.3) is 0 Å². The Labute approximate surface area is 98.8 Å². The van der Waals surface area contributed by atoms with Crippen molar-refractivity contribution < 1.29 is 23.4 Å². The average Bonchev–Trinajstić information content (AvgIpc) is 2.16. The highest BCUT2D eigenvalue weighted by Gasteiger charge is 2.33. The Morgan fingerprint density at radius 3 is 2.44 bits per heavy atom. The van der Waals surface area contributed by atoms with E-state index in [0.29, 0.717) is 0 Å². The summed E-state index contributed by atoms with van der Waals surface area (Å²) in [5.74, 6) is 0. The second kappa shape index (κ2) is 5.16. The highest BCUT2D eigenvalue weighted by Crippen LogP contribution is 2.36. The lowest BCUT2D eigenvalue weighted by Gasteiger charge is -2.14. The molecular formula is C10H10BrF3O2. The van der Waals surface area contributed by atoms with Crippen LogP contribution in [0.3, 0.4) is 0 Å². The summed E-state index contributed by atoms with van der Waals surface area (Å²) in [6.07, 6.45) is -5.54. The Balaban J connectivity index is 3.07. The molecule has 1 aromatic carbocycles. The second-order valence-electron chi connectivity index (χ2n) is 3.27. The first kappa shape index (κ1) is 13.5. The molecule has 0 fully saturated rings. The summed E-state index contributed by atoms with van der Waals surface area (Å²) >= 11 is 2.80. The van der Waals surface area contributed by atoms with Gasteiger partial charge in [0.25, 0.3) is 0 Å². The number of halogens is 4. The van der Waals surface area contributed by atoms with Crippen molar-refractivity contribution in [1.82, 2.24) is 0 Å². The fourth-order valence-corrected chi connectivity index (χ4v) is 1.73. The van der Waals surface area contributed by atoms with E-state index in [0.717, 1.165) is 6.07 Å². The van der Waals surface area contributed by atoms with Gasteiger partial charge in [-0.3, -0.25) is 0 Å². The first-order valence-corrected chi connectivity index (χ1v) is 5.31. The smallest absolute Gasteiger partial charge is 0.396 e. The lowest BCUT2D eigenvalue weighted by atomic mass is 10.0. The normalized spacial score (nSPS) is 13.9. The lowest BCUT2D eigenvalue weighted by Crippen LogP contribution is -2.08.